The molecule has 60 valence electrons. The van der Waals surface area contributed by atoms with Crippen molar-refractivity contribution in [1.29, 1.82) is 0 Å². The Hall–Kier alpha value is -0.410. The normalized spacial score (nSPS) is 28.9. The molecule has 2 rings (SSSR count). The average molecular weight is 168 g/mol. The number of hydrogen-bond acceptors (Lipinski definition) is 3. The molecule has 0 aromatic carbocycles. The first-order valence-corrected chi connectivity index (χ1v) is 4.83. The van der Waals surface area contributed by atoms with E-state index in [1.165, 1.54) is 11.4 Å². The SMILES string of the molecule is CC1CC1c1nc(CN)cs1. The number of hydrogen-bond donors (Lipinski definition) is 1. The maximum Gasteiger partial charge on any atom is 0.0962 e. The summed E-state index contributed by atoms with van der Waals surface area (Å²) in [6.07, 6.45) is 1.32. The second-order valence-corrected chi connectivity index (χ2v) is 4.09. The molecule has 1 saturated carbocycles. The smallest absolute Gasteiger partial charge is 0.0962 e. The molecule has 0 bridgehead atoms. The van der Waals surface area contributed by atoms with Crippen LogP contribution in [0.3, 0.4) is 0 Å². The van der Waals surface area contributed by atoms with Crippen LogP contribution in [0.25, 0.3) is 0 Å². The van der Waals surface area contributed by atoms with Crippen LogP contribution < -0.4 is 5.73 Å². The van der Waals surface area contributed by atoms with Gasteiger partial charge in [0.05, 0.1) is 10.7 Å². The fourth-order valence-corrected chi connectivity index (χ4v) is 2.33. The Bertz CT molecular complexity index is 256. The van der Waals surface area contributed by atoms with Crippen LogP contribution in [-0.2, 0) is 6.54 Å². The van der Waals surface area contributed by atoms with Gasteiger partial charge in [-0.15, -0.1) is 11.3 Å². The Morgan fingerprint density at radius 2 is 2.55 bits per heavy atom. The Labute approximate surface area is 70.5 Å². The van der Waals surface area contributed by atoms with Gasteiger partial charge in [-0.25, -0.2) is 4.98 Å². The first-order valence-electron chi connectivity index (χ1n) is 3.95. The largest absolute Gasteiger partial charge is 0.325 e. The molecule has 0 aliphatic heterocycles. The molecular weight excluding hydrogens is 156 g/mol. The minimum absolute atomic E-state index is 0.581. The van der Waals surface area contributed by atoms with Crippen molar-refractivity contribution in [2.45, 2.75) is 25.8 Å². The Morgan fingerprint density at radius 3 is 3.00 bits per heavy atom. The summed E-state index contributed by atoms with van der Waals surface area (Å²) < 4.78 is 0. The highest BCUT2D eigenvalue weighted by Crippen LogP contribution is 2.47. The third-order valence-electron chi connectivity index (χ3n) is 2.21. The van der Waals surface area contributed by atoms with Gasteiger partial charge in [0.15, 0.2) is 0 Å². The van der Waals surface area contributed by atoms with E-state index in [-0.39, 0.29) is 0 Å². The van der Waals surface area contributed by atoms with Crippen LogP contribution >= 0.6 is 11.3 Å². The minimum Gasteiger partial charge on any atom is -0.325 e. The molecule has 1 heterocycles. The quantitative estimate of drug-likeness (QED) is 0.730. The van der Waals surface area contributed by atoms with Gasteiger partial charge in [0.25, 0.3) is 0 Å². The van der Waals surface area contributed by atoms with E-state index in [2.05, 4.69) is 17.3 Å². The zero-order chi connectivity index (χ0) is 7.84. The monoisotopic (exact) mass is 168 g/mol. The maximum absolute atomic E-state index is 5.46. The number of nitrogens with two attached hydrogens (primary N) is 1. The first-order chi connectivity index (χ1) is 5.31. The molecule has 0 radical (unpaired) electrons. The van der Waals surface area contributed by atoms with Gasteiger partial charge in [-0.3, -0.25) is 0 Å². The van der Waals surface area contributed by atoms with Crippen LogP contribution in [0.4, 0.5) is 0 Å². The predicted octanol–water partition coefficient (Wildman–Crippen LogP) is 1.73. The predicted molar refractivity (Wildman–Crippen MR) is 46.5 cm³/mol. The average Bonchev–Trinajstić information content (AvgIpc) is 2.59. The van der Waals surface area contributed by atoms with Crippen LogP contribution in [0.1, 0.15) is 30.0 Å². The second kappa shape index (κ2) is 2.57. The van der Waals surface area contributed by atoms with Crippen molar-refractivity contribution >= 4 is 11.3 Å². The molecule has 2 unspecified atom stereocenters. The number of rotatable bonds is 2. The summed E-state index contributed by atoms with van der Waals surface area (Å²) in [5, 5.41) is 3.36. The Kier molecular flexibility index (Phi) is 1.69. The Balaban J connectivity index is 2.13. The Morgan fingerprint density at radius 1 is 1.82 bits per heavy atom. The van der Waals surface area contributed by atoms with Gasteiger partial charge in [0.2, 0.25) is 0 Å². The summed E-state index contributed by atoms with van der Waals surface area (Å²) in [7, 11) is 0. The summed E-state index contributed by atoms with van der Waals surface area (Å²) >= 11 is 1.76. The lowest BCUT2D eigenvalue weighted by Crippen LogP contribution is -1.96. The summed E-state index contributed by atoms with van der Waals surface area (Å²) in [6.45, 7) is 2.85. The van der Waals surface area contributed by atoms with Gasteiger partial charge < -0.3 is 5.73 Å². The van der Waals surface area contributed by atoms with E-state index < -0.39 is 0 Å². The molecule has 1 aromatic heterocycles. The molecule has 0 amide bonds. The van der Waals surface area contributed by atoms with Crippen molar-refractivity contribution in [3.05, 3.63) is 16.1 Å². The van der Waals surface area contributed by atoms with Crippen LogP contribution in [0.2, 0.25) is 0 Å². The molecule has 1 aromatic rings. The highest BCUT2D eigenvalue weighted by molar-refractivity contribution is 7.09. The molecule has 11 heavy (non-hydrogen) atoms. The molecule has 2 nitrogen and oxygen atoms in total. The van der Waals surface area contributed by atoms with Crippen molar-refractivity contribution in [2.75, 3.05) is 0 Å². The van der Waals surface area contributed by atoms with E-state index >= 15 is 0 Å². The van der Waals surface area contributed by atoms with E-state index in [9.17, 15) is 0 Å². The van der Waals surface area contributed by atoms with Gasteiger partial charge in [-0.05, 0) is 12.3 Å². The molecule has 3 heteroatoms. The van der Waals surface area contributed by atoms with E-state index in [1.807, 2.05) is 0 Å². The fourth-order valence-electron chi connectivity index (χ4n) is 1.25. The topological polar surface area (TPSA) is 38.9 Å². The molecule has 1 aliphatic rings. The van der Waals surface area contributed by atoms with Crippen molar-refractivity contribution in [1.82, 2.24) is 4.98 Å². The molecule has 1 aliphatic carbocycles. The van der Waals surface area contributed by atoms with Gasteiger partial charge in [0.1, 0.15) is 0 Å². The highest BCUT2D eigenvalue weighted by Gasteiger charge is 2.36. The van der Waals surface area contributed by atoms with E-state index in [0.29, 0.717) is 6.54 Å². The van der Waals surface area contributed by atoms with Gasteiger partial charge in [-0.1, -0.05) is 6.92 Å². The summed E-state index contributed by atoms with van der Waals surface area (Å²) in [4.78, 5) is 4.43. The number of aromatic nitrogens is 1. The second-order valence-electron chi connectivity index (χ2n) is 3.20. The standard InChI is InChI=1S/C8H12N2S/c1-5-2-7(5)8-10-6(3-9)4-11-8/h4-5,7H,2-3,9H2,1H3. The molecule has 2 atom stereocenters. The zero-order valence-corrected chi connectivity index (χ0v) is 7.40. The summed E-state index contributed by atoms with van der Waals surface area (Å²) in [5.41, 5.74) is 6.51. The van der Waals surface area contributed by atoms with Crippen molar-refractivity contribution in [2.24, 2.45) is 11.7 Å². The number of nitrogens with zero attached hydrogens (tertiary/aromatic N) is 1. The molecule has 0 spiro atoms. The molecular formula is C8H12N2S. The molecule has 0 saturated heterocycles. The third kappa shape index (κ3) is 1.30. The van der Waals surface area contributed by atoms with Crippen molar-refractivity contribution in [3.63, 3.8) is 0 Å². The lowest BCUT2D eigenvalue weighted by molar-refractivity contribution is 0.890. The first kappa shape index (κ1) is 7.25. The van der Waals surface area contributed by atoms with E-state index in [4.69, 9.17) is 5.73 Å². The lowest BCUT2D eigenvalue weighted by Gasteiger charge is -1.87. The number of thiazole rings is 1. The fraction of sp³-hybridized carbons (Fsp3) is 0.625. The van der Waals surface area contributed by atoms with Crippen LogP contribution in [0.15, 0.2) is 5.38 Å². The van der Waals surface area contributed by atoms with Crippen molar-refractivity contribution < 1.29 is 0 Å². The van der Waals surface area contributed by atoms with Gasteiger partial charge >= 0.3 is 0 Å². The van der Waals surface area contributed by atoms with Gasteiger partial charge in [0, 0.05) is 17.8 Å². The summed E-state index contributed by atoms with van der Waals surface area (Å²) in [6, 6.07) is 0. The minimum atomic E-state index is 0.581. The summed E-state index contributed by atoms with van der Waals surface area (Å²) in [5.74, 6) is 1.60. The lowest BCUT2D eigenvalue weighted by atomic mass is 10.3. The van der Waals surface area contributed by atoms with Gasteiger partial charge in [-0.2, -0.15) is 0 Å². The van der Waals surface area contributed by atoms with Crippen LogP contribution in [0, 0.1) is 5.92 Å². The van der Waals surface area contributed by atoms with Crippen molar-refractivity contribution in [3.8, 4) is 0 Å². The van der Waals surface area contributed by atoms with E-state index in [0.717, 1.165) is 17.5 Å². The third-order valence-corrected chi connectivity index (χ3v) is 3.23. The molecule has 1 fully saturated rings. The maximum atomic E-state index is 5.46. The van der Waals surface area contributed by atoms with Crippen LogP contribution in [-0.4, -0.2) is 4.98 Å². The zero-order valence-electron chi connectivity index (χ0n) is 6.58. The van der Waals surface area contributed by atoms with Crippen LogP contribution in [0.5, 0.6) is 0 Å². The van der Waals surface area contributed by atoms with E-state index in [1.54, 1.807) is 11.3 Å². The molecule has 2 N–H and O–H groups in total. The highest BCUT2D eigenvalue weighted by atomic mass is 32.1.